The van der Waals surface area contributed by atoms with Crippen molar-refractivity contribution in [2.75, 3.05) is 12.4 Å². The molecule has 1 aliphatic carbocycles. The van der Waals surface area contributed by atoms with Crippen LogP contribution in [0, 0.1) is 0 Å². The van der Waals surface area contributed by atoms with E-state index < -0.39 is 0 Å². The Morgan fingerprint density at radius 3 is 2.43 bits per heavy atom. The molecule has 0 saturated heterocycles. The fraction of sp³-hybridized carbons (Fsp3) is 0.350. The molecule has 1 fully saturated rings. The van der Waals surface area contributed by atoms with Gasteiger partial charge in [0.05, 0.1) is 12.7 Å². The van der Waals surface area contributed by atoms with Crippen molar-refractivity contribution in [3.8, 4) is 0 Å². The molecule has 23 heavy (non-hydrogen) atoms. The number of hydrogen-bond acceptors (Lipinski definition) is 3. The van der Waals surface area contributed by atoms with Crippen LogP contribution in [0.15, 0.2) is 54.6 Å². The van der Waals surface area contributed by atoms with Crippen molar-refractivity contribution in [3.63, 3.8) is 0 Å². The number of esters is 1. The van der Waals surface area contributed by atoms with E-state index in [1.54, 1.807) is 6.07 Å². The van der Waals surface area contributed by atoms with Crippen molar-refractivity contribution in [1.29, 1.82) is 0 Å². The van der Waals surface area contributed by atoms with Gasteiger partial charge in [0, 0.05) is 11.7 Å². The Morgan fingerprint density at radius 1 is 1.00 bits per heavy atom. The van der Waals surface area contributed by atoms with Crippen molar-refractivity contribution in [2.24, 2.45) is 0 Å². The summed E-state index contributed by atoms with van der Waals surface area (Å²) in [6.45, 7) is 0. The Morgan fingerprint density at radius 2 is 1.74 bits per heavy atom. The van der Waals surface area contributed by atoms with Gasteiger partial charge in [-0.25, -0.2) is 4.79 Å². The van der Waals surface area contributed by atoms with E-state index in [1.807, 2.05) is 18.2 Å². The van der Waals surface area contributed by atoms with E-state index in [-0.39, 0.29) is 5.97 Å². The van der Waals surface area contributed by atoms with Crippen LogP contribution in [0.5, 0.6) is 0 Å². The molecule has 0 spiro atoms. The molecule has 1 aliphatic rings. The Hall–Kier alpha value is -2.29. The van der Waals surface area contributed by atoms with Gasteiger partial charge in [-0.3, -0.25) is 0 Å². The molecule has 2 aromatic carbocycles. The van der Waals surface area contributed by atoms with E-state index in [0.29, 0.717) is 17.5 Å². The molecule has 0 bridgehead atoms. The third-order valence-corrected chi connectivity index (χ3v) is 4.65. The molecule has 0 aliphatic heterocycles. The highest BCUT2D eigenvalue weighted by molar-refractivity contribution is 5.90. The smallest absolute Gasteiger partial charge is 0.337 e. The molecule has 3 heteroatoms. The Labute approximate surface area is 137 Å². The number of rotatable bonds is 4. The van der Waals surface area contributed by atoms with Gasteiger partial charge in [-0.2, -0.15) is 0 Å². The topological polar surface area (TPSA) is 38.3 Å². The minimum absolute atomic E-state index is 0.290. The molecule has 3 rings (SSSR count). The predicted octanol–water partition coefficient (Wildman–Crippen LogP) is 4.61. The van der Waals surface area contributed by atoms with E-state index in [0.717, 1.165) is 18.5 Å². The lowest BCUT2D eigenvalue weighted by Gasteiger charge is -2.30. The monoisotopic (exact) mass is 309 g/mol. The molecule has 0 heterocycles. The largest absolute Gasteiger partial charge is 0.465 e. The summed E-state index contributed by atoms with van der Waals surface area (Å²) in [7, 11) is 1.41. The van der Waals surface area contributed by atoms with Crippen LogP contribution in [-0.4, -0.2) is 19.1 Å². The molecule has 1 N–H and O–H groups in total. The molecule has 0 radical (unpaired) electrons. The number of ether oxygens (including phenoxy) is 1. The van der Waals surface area contributed by atoms with E-state index in [1.165, 1.54) is 25.5 Å². The lowest BCUT2D eigenvalue weighted by molar-refractivity contribution is 0.0601. The summed E-state index contributed by atoms with van der Waals surface area (Å²) in [5.41, 5.74) is 3.05. The van der Waals surface area contributed by atoms with Gasteiger partial charge in [-0.05, 0) is 55.4 Å². The van der Waals surface area contributed by atoms with Gasteiger partial charge in [0.2, 0.25) is 0 Å². The fourth-order valence-electron chi connectivity index (χ4n) is 3.39. The first-order chi connectivity index (χ1) is 11.3. The summed E-state index contributed by atoms with van der Waals surface area (Å²) in [5.74, 6) is 0.386. The second-order valence-electron chi connectivity index (χ2n) is 6.18. The summed E-state index contributed by atoms with van der Waals surface area (Å²) < 4.78 is 4.78. The van der Waals surface area contributed by atoms with Crippen molar-refractivity contribution >= 4 is 11.7 Å². The van der Waals surface area contributed by atoms with Gasteiger partial charge < -0.3 is 10.1 Å². The average Bonchev–Trinajstić information content (AvgIpc) is 2.62. The highest BCUT2D eigenvalue weighted by Gasteiger charge is 2.22. The number of nitrogens with one attached hydrogen (secondary N) is 1. The number of carbonyl (C=O) groups excluding carboxylic acids is 1. The number of carbonyl (C=O) groups is 1. The van der Waals surface area contributed by atoms with Crippen molar-refractivity contribution < 1.29 is 9.53 Å². The molecule has 3 nitrogen and oxygen atoms in total. The van der Waals surface area contributed by atoms with Crippen LogP contribution in [0.25, 0.3) is 0 Å². The Kier molecular flexibility index (Phi) is 4.96. The van der Waals surface area contributed by atoms with Gasteiger partial charge in [0.15, 0.2) is 0 Å². The third kappa shape index (κ3) is 3.92. The van der Waals surface area contributed by atoms with Crippen LogP contribution in [-0.2, 0) is 4.74 Å². The van der Waals surface area contributed by atoms with E-state index in [2.05, 4.69) is 35.6 Å². The number of anilines is 1. The predicted molar refractivity (Wildman–Crippen MR) is 92.8 cm³/mol. The van der Waals surface area contributed by atoms with Gasteiger partial charge >= 0.3 is 5.97 Å². The lowest BCUT2D eigenvalue weighted by atomic mass is 9.82. The molecule has 0 amide bonds. The first kappa shape index (κ1) is 15.6. The minimum Gasteiger partial charge on any atom is -0.465 e. The first-order valence-electron chi connectivity index (χ1n) is 8.26. The zero-order valence-electron chi connectivity index (χ0n) is 13.5. The van der Waals surface area contributed by atoms with Crippen LogP contribution in [0.3, 0.4) is 0 Å². The molecule has 1 saturated carbocycles. The SMILES string of the molecule is COC(=O)c1cccc(NC2CCC(c3ccccc3)CC2)c1. The summed E-state index contributed by atoms with van der Waals surface area (Å²) in [6.07, 6.45) is 4.72. The molecule has 0 unspecified atom stereocenters. The van der Waals surface area contributed by atoms with Crippen LogP contribution in [0.1, 0.15) is 47.5 Å². The van der Waals surface area contributed by atoms with Crippen LogP contribution in [0.2, 0.25) is 0 Å². The summed E-state index contributed by atoms with van der Waals surface area (Å²) in [4.78, 5) is 11.6. The standard InChI is InChI=1S/C20H23NO2/c1-23-20(22)17-8-5-9-19(14-17)21-18-12-10-16(11-13-18)15-6-3-2-4-7-15/h2-9,14,16,18,21H,10-13H2,1H3. The fourth-order valence-corrected chi connectivity index (χ4v) is 3.39. The molecule has 120 valence electrons. The quantitative estimate of drug-likeness (QED) is 0.838. The highest BCUT2D eigenvalue weighted by Crippen LogP contribution is 2.33. The van der Waals surface area contributed by atoms with Crippen molar-refractivity contribution in [3.05, 3.63) is 65.7 Å². The second-order valence-corrected chi connectivity index (χ2v) is 6.18. The number of benzene rings is 2. The second kappa shape index (κ2) is 7.32. The lowest BCUT2D eigenvalue weighted by Crippen LogP contribution is -2.25. The third-order valence-electron chi connectivity index (χ3n) is 4.65. The maximum atomic E-state index is 11.6. The molecular weight excluding hydrogens is 286 g/mol. The van der Waals surface area contributed by atoms with Crippen molar-refractivity contribution in [1.82, 2.24) is 0 Å². The normalized spacial score (nSPS) is 20.7. The summed E-state index contributed by atoms with van der Waals surface area (Å²) in [5, 5.41) is 3.56. The summed E-state index contributed by atoms with van der Waals surface area (Å²) >= 11 is 0. The maximum absolute atomic E-state index is 11.6. The van der Waals surface area contributed by atoms with Crippen LogP contribution in [0.4, 0.5) is 5.69 Å². The summed E-state index contributed by atoms with van der Waals surface area (Å²) in [6, 6.07) is 18.8. The minimum atomic E-state index is -0.290. The maximum Gasteiger partial charge on any atom is 0.337 e. The number of hydrogen-bond donors (Lipinski definition) is 1. The van der Waals surface area contributed by atoms with Gasteiger partial charge in [-0.15, -0.1) is 0 Å². The van der Waals surface area contributed by atoms with Crippen LogP contribution < -0.4 is 5.32 Å². The van der Waals surface area contributed by atoms with Crippen molar-refractivity contribution in [2.45, 2.75) is 37.6 Å². The molecule has 0 atom stereocenters. The highest BCUT2D eigenvalue weighted by atomic mass is 16.5. The Bertz CT molecular complexity index is 646. The zero-order valence-corrected chi connectivity index (χ0v) is 13.5. The van der Waals surface area contributed by atoms with E-state index in [4.69, 9.17) is 4.74 Å². The van der Waals surface area contributed by atoms with Gasteiger partial charge in [0.25, 0.3) is 0 Å². The first-order valence-corrected chi connectivity index (χ1v) is 8.26. The Balaban J connectivity index is 1.58. The van der Waals surface area contributed by atoms with Gasteiger partial charge in [-0.1, -0.05) is 36.4 Å². The molecule has 2 aromatic rings. The zero-order chi connectivity index (χ0) is 16.1. The van der Waals surface area contributed by atoms with E-state index in [9.17, 15) is 4.79 Å². The molecule has 0 aromatic heterocycles. The number of methoxy groups -OCH3 is 1. The van der Waals surface area contributed by atoms with Crippen LogP contribution >= 0.6 is 0 Å². The molecular formula is C20H23NO2. The van der Waals surface area contributed by atoms with Gasteiger partial charge in [0.1, 0.15) is 0 Å². The average molecular weight is 309 g/mol. The van der Waals surface area contributed by atoms with E-state index >= 15 is 0 Å².